The van der Waals surface area contributed by atoms with Gasteiger partial charge in [0, 0.05) is 25.2 Å². The molecule has 1 saturated heterocycles. The summed E-state index contributed by atoms with van der Waals surface area (Å²) < 4.78 is 28.7. The molecule has 1 N–H and O–H groups in total. The second-order valence-corrected chi connectivity index (χ2v) is 7.14. The van der Waals surface area contributed by atoms with E-state index < -0.39 is 11.6 Å². The Hall–Kier alpha value is -2.28. The van der Waals surface area contributed by atoms with Crippen LogP contribution in [0.1, 0.15) is 47.9 Å². The molecule has 0 radical (unpaired) electrons. The number of likely N-dealkylation sites (tertiary alicyclic amines) is 1. The van der Waals surface area contributed by atoms with Crippen LogP contribution in [0.25, 0.3) is 5.69 Å². The van der Waals surface area contributed by atoms with Crippen LogP contribution in [-0.2, 0) is 0 Å². The highest BCUT2D eigenvalue weighted by atomic mass is 19.1. The van der Waals surface area contributed by atoms with E-state index in [0.717, 1.165) is 45.0 Å². The lowest BCUT2D eigenvalue weighted by Gasteiger charge is -2.32. The Morgan fingerprint density at radius 3 is 2.59 bits per heavy atom. The SMILES string of the molecule is CCCN1CCC(NC(=O)c2c(C)nn(-c3ccc(F)cc3F)c2C)CC1. The molecule has 0 bridgehead atoms. The Bertz CT molecular complexity index is 826. The van der Waals surface area contributed by atoms with Gasteiger partial charge in [0.2, 0.25) is 0 Å². The molecule has 0 unspecified atom stereocenters. The number of halogens is 2. The second kappa shape index (κ2) is 8.17. The summed E-state index contributed by atoms with van der Waals surface area (Å²) in [5.41, 5.74) is 1.65. The lowest BCUT2D eigenvalue weighted by molar-refractivity contribution is 0.0910. The minimum Gasteiger partial charge on any atom is -0.349 e. The quantitative estimate of drug-likeness (QED) is 0.870. The molecule has 1 aromatic heterocycles. The lowest BCUT2D eigenvalue weighted by Crippen LogP contribution is -2.45. The topological polar surface area (TPSA) is 50.2 Å². The van der Waals surface area contributed by atoms with Gasteiger partial charge >= 0.3 is 0 Å². The number of carbonyl (C=O) groups excluding carboxylic acids is 1. The van der Waals surface area contributed by atoms with Crippen LogP contribution in [0.3, 0.4) is 0 Å². The largest absolute Gasteiger partial charge is 0.349 e. The van der Waals surface area contributed by atoms with Gasteiger partial charge in [-0.25, -0.2) is 13.5 Å². The van der Waals surface area contributed by atoms with E-state index in [1.165, 1.54) is 16.8 Å². The number of rotatable bonds is 5. The monoisotopic (exact) mass is 376 g/mol. The lowest BCUT2D eigenvalue weighted by atomic mass is 10.0. The molecule has 5 nitrogen and oxygen atoms in total. The Labute approximate surface area is 158 Å². The Morgan fingerprint density at radius 1 is 1.26 bits per heavy atom. The number of piperidine rings is 1. The van der Waals surface area contributed by atoms with E-state index >= 15 is 0 Å². The maximum atomic E-state index is 14.1. The van der Waals surface area contributed by atoms with Crippen molar-refractivity contribution in [1.29, 1.82) is 0 Å². The van der Waals surface area contributed by atoms with Crippen LogP contribution < -0.4 is 5.32 Å². The van der Waals surface area contributed by atoms with E-state index in [1.807, 2.05) is 0 Å². The van der Waals surface area contributed by atoms with Crippen molar-refractivity contribution in [3.8, 4) is 5.69 Å². The summed E-state index contributed by atoms with van der Waals surface area (Å²) in [5.74, 6) is -1.55. The third-order valence-electron chi connectivity index (χ3n) is 5.12. The highest BCUT2D eigenvalue weighted by molar-refractivity contribution is 5.96. The predicted molar refractivity (Wildman–Crippen MR) is 100 cm³/mol. The van der Waals surface area contributed by atoms with Gasteiger partial charge in [-0.15, -0.1) is 0 Å². The molecule has 2 aromatic rings. The molecule has 27 heavy (non-hydrogen) atoms. The van der Waals surface area contributed by atoms with E-state index in [4.69, 9.17) is 0 Å². The summed E-state index contributed by atoms with van der Waals surface area (Å²) in [7, 11) is 0. The second-order valence-electron chi connectivity index (χ2n) is 7.14. The van der Waals surface area contributed by atoms with Crippen molar-refractivity contribution in [2.75, 3.05) is 19.6 Å². The summed E-state index contributed by atoms with van der Waals surface area (Å²) in [5, 5.41) is 7.40. The van der Waals surface area contributed by atoms with Crippen molar-refractivity contribution in [1.82, 2.24) is 20.0 Å². The first-order valence-electron chi connectivity index (χ1n) is 9.45. The average Bonchev–Trinajstić information content (AvgIpc) is 2.91. The van der Waals surface area contributed by atoms with Crippen molar-refractivity contribution >= 4 is 5.91 Å². The van der Waals surface area contributed by atoms with Crippen molar-refractivity contribution in [2.24, 2.45) is 0 Å². The molecular formula is C20H26F2N4O. The molecule has 1 amide bonds. The van der Waals surface area contributed by atoms with Crippen molar-refractivity contribution in [2.45, 2.75) is 46.1 Å². The maximum Gasteiger partial charge on any atom is 0.255 e. The third-order valence-corrected chi connectivity index (χ3v) is 5.12. The molecule has 1 aromatic carbocycles. The van der Waals surface area contributed by atoms with Gasteiger partial charge in [-0.3, -0.25) is 4.79 Å². The van der Waals surface area contributed by atoms with Gasteiger partial charge < -0.3 is 10.2 Å². The summed E-state index contributed by atoms with van der Waals surface area (Å²) in [6, 6.07) is 3.46. The zero-order valence-electron chi connectivity index (χ0n) is 16.1. The first kappa shape index (κ1) is 19.5. The van der Waals surface area contributed by atoms with E-state index in [-0.39, 0.29) is 17.6 Å². The van der Waals surface area contributed by atoms with Crippen molar-refractivity contribution in [3.63, 3.8) is 0 Å². The van der Waals surface area contributed by atoms with Crippen LogP contribution in [-0.4, -0.2) is 46.3 Å². The zero-order chi connectivity index (χ0) is 19.6. The minimum atomic E-state index is -0.712. The fraction of sp³-hybridized carbons (Fsp3) is 0.500. The van der Waals surface area contributed by atoms with E-state index in [1.54, 1.807) is 13.8 Å². The molecule has 2 heterocycles. The Kier molecular flexibility index (Phi) is 5.89. The number of aryl methyl sites for hydroxylation is 1. The number of hydrogen-bond donors (Lipinski definition) is 1. The first-order valence-corrected chi connectivity index (χ1v) is 9.45. The highest BCUT2D eigenvalue weighted by Gasteiger charge is 2.25. The van der Waals surface area contributed by atoms with Crippen LogP contribution in [0.4, 0.5) is 8.78 Å². The third kappa shape index (κ3) is 4.18. The van der Waals surface area contributed by atoms with Crippen molar-refractivity contribution in [3.05, 3.63) is 46.8 Å². The Morgan fingerprint density at radius 2 is 1.96 bits per heavy atom. The normalized spacial score (nSPS) is 15.9. The van der Waals surface area contributed by atoms with Gasteiger partial charge in [0.05, 0.1) is 17.0 Å². The summed E-state index contributed by atoms with van der Waals surface area (Å²) in [6.45, 7) is 8.68. The molecule has 1 fully saturated rings. The van der Waals surface area contributed by atoms with E-state index in [0.29, 0.717) is 17.0 Å². The standard InChI is InChI=1S/C20H26F2N4O/c1-4-9-25-10-7-16(8-11-25)23-20(27)19-13(2)24-26(14(19)3)18-6-5-15(21)12-17(18)22/h5-6,12,16H,4,7-11H2,1-3H3,(H,23,27). The summed E-state index contributed by atoms with van der Waals surface area (Å²) >= 11 is 0. The zero-order valence-corrected chi connectivity index (χ0v) is 16.1. The number of carbonyl (C=O) groups is 1. The first-order chi connectivity index (χ1) is 12.9. The minimum absolute atomic E-state index is 0.129. The number of hydrogen-bond acceptors (Lipinski definition) is 3. The number of aromatic nitrogens is 2. The van der Waals surface area contributed by atoms with Crippen LogP contribution in [0, 0.1) is 25.5 Å². The molecular weight excluding hydrogens is 350 g/mol. The summed E-state index contributed by atoms with van der Waals surface area (Å²) in [6.07, 6.45) is 2.98. The molecule has 0 spiro atoms. The highest BCUT2D eigenvalue weighted by Crippen LogP contribution is 2.21. The molecule has 0 atom stereocenters. The molecule has 7 heteroatoms. The Balaban J connectivity index is 1.75. The van der Waals surface area contributed by atoms with Crippen molar-refractivity contribution < 1.29 is 13.6 Å². The average molecular weight is 376 g/mol. The molecule has 0 saturated carbocycles. The molecule has 3 rings (SSSR count). The number of nitrogens with one attached hydrogen (secondary N) is 1. The molecule has 0 aliphatic carbocycles. The molecule has 146 valence electrons. The number of amides is 1. The van der Waals surface area contributed by atoms with Crippen LogP contribution in [0.15, 0.2) is 18.2 Å². The van der Waals surface area contributed by atoms with E-state index in [2.05, 4.69) is 22.2 Å². The van der Waals surface area contributed by atoms with Gasteiger partial charge in [0.25, 0.3) is 5.91 Å². The van der Waals surface area contributed by atoms with Crippen LogP contribution in [0.5, 0.6) is 0 Å². The van der Waals surface area contributed by atoms with Gasteiger partial charge in [-0.1, -0.05) is 6.92 Å². The fourth-order valence-corrected chi connectivity index (χ4v) is 3.73. The molecule has 1 aliphatic heterocycles. The number of benzene rings is 1. The smallest absolute Gasteiger partial charge is 0.255 e. The number of nitrogens with zero attached hydrogens (tertiary/aromatic N) is 3. The summed E-state index contributed by atoms with van der Waals surface area (Å²) in [4.78, 5) is 15.2. The predicted octanol–water partition coefficient (Wildman–Crippen LogP) is 3.37. The fourth-order valence-electron chi connectivity index (χ4n) is 3.73. The maximum absolute atomic E-state index is 14.1. The van der Waals surface area contributed by atoms with Crippen LogP contribution >= 0.6 is 0 Å². The van der Waals surface area contributed by atoms with E-state index in [9.17, 15) is 13.6 Å². The van der Waals surface area contributed by atoms with Gasteiger partial charge in [-0.2, -0.15) is 5.10 Å². The van der Waals surface area contributed by atoms with Gasteiger partial charge in [0.15, 0.2) is 5.82 Å². The van der Waals surface area contributed by atoms with Gasteiger partial charge in [-0.05, 0) is 51.8 Å². The molecule has 1 aliphatic rings. The van der Waals surface area contributed by atoms with Gasteiger partial charge in [0.1, 0.15) is 11.5 Å². The van der Waals surface area contributed by atoms with Crippen LogP contribution in [0.2, 0.25) is 0 Å².